The number of nitrogens with zero attached hydrogens (tertiary/aromatic N) is 1. The zero-order chi connectivity index (χ0) is 19.6. The number of carbonyl (C=O) groups is 2. The molecule has 3 rings (SSSR count). The third-order valence-corrected chi connectivity index (χ3v) is 6.43. The Kier molecular flexibility index (Phi) is 5.33. The molecule has 8 nitrogen and oxygen atoms in total. The van der Waals surface area contributed by atoms with Crippen molar-refractivity contribution in [1.82, 2.24) is 9.62 Å². The van der Waals surface area contributed by atoms with Crippen LogP contribution in [0.25, 0.3) is 0 Å². The lowest BCUT2D eigenvalue weighted by Gasteiger charge is -2.31. The topological polar surface area (TPSA) is 117 Å². The van der Waals surface area contributed by atoms with Crippen molar-refractivity contribution in [3.8, 4) is 0 Å². The third kappa shape index (κ3) is 4.20. The van der Waals surface area contributed by atoms with Gasteiger partial charge in [0.15, 0.2) is 5.76 Å². The highest BCUT2D eigenvalue weighted by Gasteiger charge is 2.30. The summed E-state index contributed by atoms with van der Waals surface area (Å²) in [5.41, 5.74) is 0.888. The lowest BCUT2D eigenvalue weighted by atomic mass is 10.1. The fourth-order valence-electron chi connectivity index (χ4n) is 2.92. The molecule has 9 heteroatoms. The number of piperidine rings is 1. The number of furan rings is 1. The van der Waals surface area contributed by atoms with Crippen molar-refractivity contribution < 1.29 is 27.5 Å². The van der Waals surface area contributed by atoms with Gasteiger partial charge < -0.3 is 14.8 Å². The molecule has 0 spiro atoms. The van der Waals surface area contributed by atoms with Gasteiger partial charge in [0.2, 0.25) is 10.0 Å². The van der Waals surface area contributed by atoms with Crippen LogP contribution in [0.15, 0.2) is 45.9 Å². The fourth-order valence-corrected chi connectivity index (χ4v) is 4.39. The number of carbonyl (C=O) groups excluding carboxylic acids is 1. The number of benzene rings is 1. The molecule has 27 heavy (non-hydrogen) atoms. The molecule has 1 aliphatic rings. The summed E-state index contributed by atoms with van der Waals surface area (Å²) in [5, 5.41) is 11.6. The van der Waals surface area contributed by atoms with Crippen LogP contribution in [0, 0.1) is 6.92 Å². The van der Waals surface area contributed by atoms with Crippen molar-refractivity contribution in [1.29, 1.82) is 0 Å². The summed E-state index contributed by atoms with van der Waals surface area (Å²) in [4.78, 5) is 23.2. The second-order valence-corrected chi connectivity index (χ2v) is 8.41. The van der Waals surface area contributed by atoms with Crippen LogP contribution >= 0.6 is 0 Å². The van der Waals surface area contributed by atoms with Crippen LogP contribution in [0.3, 0.4) is 0 Å². The van der Waals surface area contributed by atoms with E-state index in [-0.39, 0.29) is 22.3 Å². The van der Waals surface area contributed by atoms with E-state index in [9.17, 15) is 18.0 Å². The standard InChI is InChI=1S/C18H20N2O6S/c1-12-2-4-15(5-3-12)27(24,25)20-8-6-14(7-9-20)19-17(21)16-10-13(11-26-16)18(22)23/h2-5,10-11,14H,6-9H2,1H3,(H,19,21)(H,22,23). The van der Waals surface area contributed by atoms with Crippen LogP contribution in [0.5, 0.6) is 0 Å². The van der Waals surface area contributed by atoms with Crippen LogP contribution in [-0.2, 0) is 10.0 Å². The lowest BCUT2D eigenvalue weighted by molar-refractivity contribution is 0.0695. The third-order valence-electron chi connectivity index (χ3n) is 4.52. The first kappa shape index (κ1) is 19.1. The molecule has 1 saturated heterocycles. The summed E-state index contributed by atoms with van der Waals surface area (Å²) in [6, 6.07) is 7.66. The van der Waals surface area contributed by atoms with E-state index in [1.54, 1.807) is 24.3 Å². The Bertz CT molecular complexity index is 940. The van der Waals surface area contributed by atoms with E-state index in [0.717, 1.165) is 17.9 Å². The van der Waals surface area contributed by atoms with Crippen molar-refractivity contribution in [2.45, 2.75) is 30.7 Å². The number of carboxylic acids is 1. The maximum atomic E-state index is 12.7. The monoisotopic (exact) mass is 392 g/mol. The number of aromatic carboxylic acids is 1. The summed E-state index contributed by atoms with van der Waals surface area (Å²) in [6.07, 6.45) is 1.93. The van der Waals surface area contributed by atoms with E-state index < -0.39 is 21.9 Å². The first-order valence-electron chi connectivity index (χ1n) is 8.47. The second kappa shape index (κ2) is 7.53. The predicted molar refractivity (Wildman–Crippen MR) is 96.1 cm³/mol. The number of sulfonamides is 1. The van der Waals surface area contributed by atoms with E-state index in [4.69, 9.17) is 9.52 Å². The fraction of sp³-hybridized carbons (Fsp3) is 0.333. The summed E-state index contributed by atoms with van der Waals surface area (Å²) in [7, 11) is -3.55. The molecule has 0 unspecified atom stereocenters. The molecule has 0 saturated carbocycles. The maximum absolute atomic E-state index is 12.7. The molecule has 0 radical (unpaired) electrons. The highest BCUT2D eigenvalue weighted by atomic mass is 32.2. The van der Waals surface area contributed by atoms with E-state index in [1.165, 1.54) is 4.31 Å². The maximum Gasteiger partial charge on any atom is 0.338 e. The summed E-state index contributed by atoms with van der Waals surface area (Å²) < 4.78 is 31.8. The Morgan fingerprint density at radius 1 is 1.19 bits per heavy atom. The molecule has 1 amide bonds. The van der Waals surface area contributed by atoms with Crippen LogP contribution in [0.2, 0.25) is 0 Å². The number of amides is 1. The number of nitrogens with one attached hydrogen (secondary N) is 1. The first-order chi connectivity index (χ1) is 12.8. The van der Waals surface area contributed by atoms with Gasteiger partial charge in [0.1, 0.15) is 6.26 Å². The van der Waals surface area contributed by atoms with Gasteiger partial charge in [0.05, 0.1) is 10.5 Å². The van der Waals surface area contributed by atoms with Gasteiger partial charge in [-0.3, -0.25) is 4.79 Å². The van der Waals surface area contributed by atoms with Crippen LogP contribution in [0.1, 0.15) is 39.3 Å². The van der Waals surface area contributed by atoms with E-state index in [0.29, 0.717) is 25.9 Å². The Morgan fingerprint density at radius 2 is 1.81 bits per heavy atom. The minimum absolute atomic E-state index is 0.0814. The summed E-state index contributed by atoms with van der Waals surface area (Å²) in [5.74, 6) is -1.77. The van der Waals surface area contributed by atoms with Crippen LogP contribution in [0.4, 0.5) is 0 Å². The number of hydrogen-bond acceptors (Lipinski definition) is 5. The van der Waals surface area contributed by atoms with Gasteiger partial charge >= 0.3 is 5.97 Å². The van der Waals surface area contributed by atoms with Crippen molar-refractivity contribution in [3.05, 3.63) is 53.5 Å². The highest BCUT2D eigenvalue weighted by Crippen LogP contribution is 2.21. The molecule has 144 valence electrons. The van der Waals surface area contributed by atoms with Crippen molar-refractivity contribution in [2.24, 2.45) is 0 Å². The molecule has 0 aliphatic carbocycles. The lowest BCUT2D eigenvalue weighted by Crippen LogP contribution is -2.46. The minimum atomic E-state index is -3.55. The summed E-state index contributed by atoms with van der Waals surface area (Å²) in [6.45, 7) is 2.47. The number of hydrogen-bond donors (Lipinski definition) is 2. The van der Waals surface area contributed by atoms with Crippen molar-refractivity contribution in [2.75, 3.05) is 13.1 Å². The van der Waals surface area contributed by atoms with Crippen LogP contribution < -0.4 is 5.32 Å². The smallest absolute Gasteiger partial charge is 0.338 e. The molecular formula is C18H20N2O6S. The van der Waals surface area contributed by atoms with Crippen molar-refractivity contribution >= 4 is 21.9 Å². The Balaban J connectivity index is 1.59. The van der Waals surface area contributed by atoms with E-state index in [1.807, 2.05) is 6.92 Å². The molecule has 0 bridgehead atoms. The predicted octanol–water partition coefficient (Wildman–Crippen LogP) is 1.87. The molecule has 1 aliphatic heterocycles. The molecule has 2 aromatic rings. The van der Waals surface area contributed by atoms with E-state index >= 15 is 0 Å². The summed E-state index contributed by atoms with van der Waals surface area (Å²) >= 11 is 0. The highest BCUT2D eigenvalue weighted by molar-refractivity contribution is 7.89. The molecule has 2 heterocycles. The van der Waals surface area contributed by atoms with Gasteiger partial charge in [-0.05, 0) is 31.9 Å². The van der Waals surface area contributed by atoms with Gasteiger partial charge in [0, 0.05) is 25.2 Å². The molecule has 2 N–H and O–H groups in total. The first-order valence-corrected chi connectivity index (χ1v) is 9.91. The average molecular weight is 392 g/mol. The molecular weight excluding hydrogens is 372 g/mol. The Morgan fingerprint density at radius 3 is 2.37 bits per heavy atom. The molecule has 1 fully saturated rings. The van der Waals surface area contributed by atoms with Gasteiger partial charge in [-0.25, -0.2) is 13.2 Å². The SMILES string of the molecule is Cc1ccc(S(=O)(=O)N2CCC(NC(=O)c3cc(C(=O)O)co3)CC2)cc1. The average Bonchev–Trinajstić information content (AvgIpc) is 3.13. The van der Waals surface area contributed by atoms with Gasteiger partial charge in [0.25, 0.3) is 5.91 Å². The zero-order valence-corrected chi connectivity index (χ0v) is 15.5. The van der Waals surface area contributed by atoms with Gasteiger partial charge in [-0.15, -0.1) is 0 Å². The largest absolute Gasteiger partial charge is 0.478 e. The second-order valence-electron chi connectivity index (χ2n) is 6.47. The Labute approximate surface area is 156 Å². The molecule has 0 atom stereocenters. The number of aryl methyl sites for hydroxylation is 1. The molecule has 1 aromatic carbocycles. The van der Waals surface area contributed by atoms with Crippen molar-refractivity contribution in [3.63, 3.8) is 0 Å². The number of carboxylic acid groups (broad SMARTS) is 1. The number of rotatable bonds is 5. The van der Waals surface area contributed by atoms with Gasteiger partial charge in [-0.1, -0.05) is 17.7 Å². The van der Waals surface area contributed by atoms with Crippen LogP contribution in [-0.4, -0.2) is 48.8 Å². The zero-order valence-electron chi connectivity index (χ0n) is 14.7. The molecule has 1 aromatic heterocycles. The van der Waals surface area contributed by atoms with Gasteiger partial charge in [-0.2, -0.15) is 4.31 Å². The minimum Gasteiger partial charge on any atom is -0.478 e. The normalized spacial score (nSPS) is 16.2. The van der Waals surface area contributed by atoms with E-state index in [2.05, 4.69) is 5.32 Å². The quantitative estimate of drug-likeness (QED) is 0.802. The Hall–Kier alpha value is -2.65.